The van der Waals surface area contributed by atoms with Crippen LogP contribution in [0.5, 0.6) is 0 Å². The van der Waals surface area contributed by atoms with Crippen LogP contribution in [0.4, 0.5) is 5.69 Å². The Morgan fingerprint density at radius 2 is 1.74 bits per heavy atom. The van der Waals surface area contributed by atoms with Gasteiger partial charge in [-0.3, -0.25) is 4.79 Å². The number of hydrogen-bond acceptors (Lipinski definition) is 2. The number of rotatable bonds is 3. The SMILES string of the molecule is O=C(O)C1=C(C(=O)Nc2ccccc2Br)CCCC1. The van der Waals surface area contributed by atoms with Crippen molar-refractivity contribution in [2.45, 2.75) is 25.7 Å². The van der Waals surface area contributed by atoms with Crippen molar-refractivity contribution >= 4 is 33.5 Å². The van der Waals surface area contributed by atoms with Crippen molar-refractivity contribution in [3.63, 3.8) is 0 Å². The molecule has 2 rings (SSSR count). The summed E-state index contributed by atoms with van der Waals surface area (Å²) in [7, 11) is 0. The first-order valence-electron chi connectivity index (χ1n) is 6.11. The highest BCUT2D eigenvalue weighted by Gasteiger charge is 2.23. The van der Waals surface area contributed by atoms with E-state index < -0.39 is 5.97 Å². The molecule has 0 atom stereocenters. The number of nitrogens with one attached hydrogen (secondary N) is 1. The Hall–Kier alpha value is -1.62. The molecule has 0 fully saturated rings. The number of para-hydroxylation sites is 1. The van der Waals surface area contributed by atoms with Gasteiger partial charge in [0.15, 0.2) is 0 Å². The molecule has 0 unspecified atom stereocenters. The quantitative estimate of drug-likeness (QED) is 0.896. The third kappa shape index (κ3) is 3.23. The van der Waals surface area contributed by atoms with Crippen LogP contribution in [0.3, 0.4) is 0 Å². The topological polar surface area (TPSA) is 66.4 Å². The smallest absolute Gasteiger partial charge is 0.332 e. The van der Waals surface area contributed by atoms with Gasteiger partial charge in [0.2, 0.25) is 0 Å². The van der Waals surface area contributed by atoms with Crippen LogP contribution in [-0.2, 0) is 9.59 Å². The molecular formula is C14H14BrNO3. The van der Waals surface area contributed by atoms with Crippen molar-refractivity contribution in [2.75, 3.05) is 5.32 Å². The zero-order chi connectivity index (χ0) is 13.8. The van der Waals surface area contributed by atoms with Crippen molar-refractivity contribution in [3.05, 3.63) is 39.9 Å². The van der Waals surface area contributed by atoms with Crippen LogP contribution in [0.2, 0.25) is 0 Å². The van der Waals surface area contributed by atoms with E-state index in [0.29, 0.717) is 24.1 Å². The van der Waals surface area contributed by atoms with Crippen LogP contribution in [0.15, 0.2) is 39.9 Å². The molecule has 1 aliphatic carbocycles. The normalized spacial score (nSPS) is 15.2. The summed E-state index contributed by atoms with van der Waals surface area (Å²) < 4.78 is 0.775. The highest BCUT2D eigenvalue weighted by molar-refractivity contribution is 9.10. The van der Waals surface area contributed by atoms with E-state index in [1.54, 1.807) is 6.07 Å². The van der Waals surface area contributed by atoms with Crippen molar-refractivity contribution < 1.29 is 14.7 Å². The van der Waals surface area contributed by atoms with Gasteiger partial charge < -0.3 is 10.4 Å². The molecule has 1 aliphatic rings. The molecule has 0 saturated heterocycles. The van der Waals surface area contributed by atoms with Gasteiger partial charge in [0.05, 0.1) is 5.69 Å². The number of halogens is 1. The lowest BCUT2D eigenvalue weighted by atomic mass is 9.91. The Morgan fingerprint density at radius 1 is 1.11 bits per heavy atom. The number of hydrogen-bond donors (Lipinski definition) is 2. The zero-order valence-electron chi connectivity index (χ0n) is 10.3. The van der Waals surface area contributed by atoms with E-state index in [1.807, 2.05) is 18.2 Å². The summed E-state index contributed by atoms with van der Waals surface area (Å²) in [5.74, 6) is -1.30. The van der Waals surface area contributed by atoms with Crippen LogP contribution in [0, 0.1) is 0 Å². The first-order chi connectivity index (χ1) is 9.09. The van der Waals surface area contributed by atoms with Gasteiger partial charge in [-0.05, 0) is 53.7 Å². The maximum Gasteiger partial charge on any atom is 0.332 e. The molecule has 0 radical (unpaired) electrons. The molecule has 0 aromatic heterocycles. The minimum Gasteiger partial charge on any atom is -0.478 e. The monoisotopic (exact) mass is 323 g/mol. The molecule has 5 heteroatoms. The largest absolute Gasteiger partial charge is 0.478 e. The fourth-order valence-electron chi connectivity index (χ4n) is 2.15. The molecule has 4 nitrogen and oxygen atoms in total. The molecule has 1 aromatic rings. The maximum absolute atomic E-state index is 12.2. The first kappa shape index (κ1) is 13.8. The molecule has 0 heterocycles. The van der Waals surface area contributed by atoms with E-state index in [2.05, 4.69) is 21.2 Å². The number of aliphatic carboxylic acids is 1. The van der Waals surface area contributed by atoms with Crippen LogP contribution in [0.25, 0.3) is 0 Å². The van der Waals surface area contributed by atoms with E-state index in [4.69, 9.17) is 5.11 Å². The minimum atomic E-state index is -0.989. The van der Waals surface area contributed by atoms with Crippen LogP contribution in [0.1, 0.15) is 25.7 Å². The summed E-state index contributed by atoms with van der Waals surface area (Å²) in [5, 5.41) is 11.9. The van der Waals surface area contributed by atoms with Gasteiger partial charge in [0, 0.05) is 15.6 Å². The van der Waals surface area contributed by atoms with Crippen LogP contribution < -0.4 is 5.32 Å². The molecule has 1 amide bonds. The first-order valence-corrected chi connectivity index (χ1v) is 6.90. The van der Waals surface area contributed by atoms with E-state index in [1.165, 1.54) is 0 Å². The van der Waals surface area contributed by atoms with Crippen molar-refractivity contribution in [1.82, 2.24) is 0 Å². The molecule has 2 N–H and O–H groups in total. The highest BCUT2D eigenvalue weighted by Crippen LogP contribution is 2.27. The second-order valence-corrected chi connectivity index (χ2v) is 5.26. The second-order valence-electron chi connectivity index (χ2n) is 4.40. The average molecular weight is 324 g/mol. The lowest BCUT2D eigenvalue weighted by Crippen LogP contribution is -2.21. The van der Waals surface area contributed by atoms with Crippen LogP contribution in [-0.4, -0.2) is 17.0 Å². The average Bonchev–Trinajstić information content (AvgIpc) is 2.41. The van der Waals surface area contributed by atoms with Crippen LogP contribution >= 0.6 is 15.9 Å². The summed E-state index contributed by atoms with van der Waals surface area (Å²) in [6.07, 6.45) is 2.68. The molecule has 0 bridgehead atoms. The predicted octanol–water partition coefficient (Wildman–Crippen LogP) is 3.34. The Morgan fingerprint density at radius 3 is 2.37 bits per heavy atom. The number of carbonyl (C=O) groups excluding carboxylic acids is 1. The third-order valence-electron chi connectivity index (χ3n) is 3.12. The number of carboxylic acid groups (broad SMARTS) is 1. The van der Waals surface area contributed by atoms with Crippen molar-refractivity contribution in [2.24, 2.45) is 0 Å². The van der Waals surface area contributed by atoms with Gasteiger partial charge in [0.25, 0.3) is 5.91 Å². The van der Waals surface area contributed by atoms with Crippen molar-refractivity contribution in [3.8, 4) is 0 Å². The maximum atomic E-state index is 12.2. The minimum absolute atomic E-state index is 0.246. The molecule has 0 aliphatic heterocycles. The lowest BCUT2D eigenvalue weighted by molar-refractivity contribution is -0.133. The second kappa shape index (κ2) is 6.02. The van der Waals surface area contributed by atoms with E-state index in [-0.39, 0.29) is 11.5 Å². The number of anilines is 1. The van der Waals surface area contributed by atoms with Gasteiger partial charge in [-0.1, -0.05) is 12.1 Å². The van der Waals surface area contributed by atoms with Gasteiger partial charge in [0.1, 0.15) is 0 Å². The van der Waals surface area contributed by atoms with Crippen molar-refractivity contribution in [1.29, 1.82) is 0 Å². The Labute approximate surface area is 119 Å². The van der Waals surface area contributed by atoms with Gasteiger partial charge in [-0.2, -0.15) is 0 Å². The zero-order valence-corrected chi connectivity index (χ0v) is 11.9. The summed E-state index contributed by atoms with van der Waals surface area (Å²) in [4.78, 5) is 23.3. The lowest BCUT2D eigenvalue weighted by Gasteiger charge is -2.17. The fraction of sp³-hybridized carbons (Fsp3) is 0.286. The Bertz CT molecular complexity index is 551. The Kier molecular flexibility index (Phi) is 4.37. The van der Waals surface area contributed by atoms with E-state index >= 15 is 0 Å². The molecular weight excluding hydrogens is 310 g/mol. The fourth-order valence-corrected chi connectivity index (χ4v) is 2.54. The predicted molar refractivity (Wildman–Crippen MR) is 75.9 cm³/mol. The third-order valence-corrected chi connectivity index (χ3v) is 3.81. The number of carboxylic acids is 1. The molecule has 1 aromatic carbocycles. The van der Waals surface area contributed by atoms with E-state index in [9.17, 15) is 9.59 Å². The standard InChI is InChI=1S/C14H14BrNO3/c15-11-7-3-4-8-12(11)16-13(17)9-5-1-2-6-10(9)14(18)19/h3-4,7-8H,1-2,5-6H2,(H,16,17)(H,18,19). The summed E-state index contributed by atoms with van der Waals surface area (Å²) in [5.41, 5.74) is 1.29. The molecule has 0 spiro atoms. The number of benzene rings is 1. The number of amides is 1. The summed E-state index contributed by atoms with van der Waals surface area (Å²) in [6.45, 7) is 0. The molecule has 19 heavy (non-hydrogen) atoms. The van der Waals surface area contributed by atoms with E-state index in [0.717, 1.165) is 17.3 Å². The summed E-state index contributed by atoms with van der Waals surface area (Å²) >= 11 is 3.35. The van der Waals surface area contributed by atoms with Gasteiger partial charge >= 0.3 is 5.97 Å². The van der Waals surface area contributed by atoms with Gasteiger partial charge in [-0.25, -0.2) is 4.79 Å². The van der Waals surface area contributed by atoms with Gasteiger partial charge in [-0.15, -0.1) is 0 Å². The number of carbonyl (C=O) groups is 2. The summed E-state index contributed by atoms with van der Waals surface area (Å²) in [6, 6.07) is 7.25. The highest BCUT2D eigenvalue weighted by atomic mass is 79.9. The Balaban J connectivity index is 2.24. The molecule has 0 saturated carbocycles. The molecule has 100 valence electrons.